The monoisotopic (exact) mass is 128 g/mol. The van der Waals surface area contributed by atoms with E-state index < -0.39 is 0 Å². The van der Waals surface area contributed by atoms with Crippen LogP contribution in [0.15, 0.2) is 0 Å². The zero-order valence-electron chi connectivity index (χ0n) is 4.29. The molecule has 4 heteroatoms. The highest BCUT2D eigenvalue weighted by Gasteiger charge is 1.93. The molecule has 0 radical (unpaired) electrons. The molecule has 0 aliphatic carbocycles. The molecular weight excluding hydrogens is 124 g/mol. The van der Waals surface area contributed by atoms with Crippen molar-refractivity contribution in [3.05, 3.63) is 10.8 Å². The van der Waals surface area contributed by atoms with E-state index in [1.165, 1.54) is 0 Å². The molecule has 1 heterocycles. The van der Waals surface area contributed by atoms with E-state index in [9.17, 15) is 4.79 Å². The number of carbonyl (C=O) groups excluding carboxylic acids is 1. The minimum absolute atomic E-state index is 0.447. The van der Waals surface area contributed by atoms with Gasteiger partial charge >= 0.3 is 0 Å². The average molecular weight is 128 g/mol. The SMILES string of the molecule is Cc1nsc(C=O)n1. The largest absolute Gasteiger partial charge is 0.295 e. The van der Waals surface area contributed by atoms with Gasteiger partial charge in [0, 0.05) is 0 Å². The fraction of sp³-hybridized carbons (Fsp3) is 0.250. The van der Waals surface area contributed by atoms with E-state index in [0.717, 1.165) is 11.5 Å². The Morgan fingerprint density at radius 1 is 1.75 bits per heavy atom. The van der Waals surface area contributed by atoms with E-state index in [1.54, 1.807) is 6.92 Å². The Hall–Kier alpha value is -0.770. The number of hydrogen-bond donors (Lipinski definition) is 0. The van der Waals surface area contributed by atoms with Gasteiger partial charge in [-0.25, -0.2) is 4.98 Å². The number of aldehydes is 1. The van der Waals surface area contributed by atoms with Crippen LogP contribution in [0.1, 0.15) is 15.6 Å². The lowest BCUT2D eigenvalue weighted by molar-refractivity contribution is 0.112. The molecule has 1 aromatic rings. The zero-order chi connectivity index (χ0) is 5.98. The molecule has 0 spiro atoms. The minimum atomic E-state index is 0.447. The number of aryl methyl sites for hydroxylation is 1. The van der Waals surface area contributed by atoms with Gasteiger partial charge in [-0.05, 0) is 18.5 Å². The van der Waals surface area contributed by atoms with Crippen molar-refractivity contribution in [1.29, 1.82) is 0 Å². The minimum Gasteiger partial charge on any atom is -0.295 e. The molecule has 0 aromatic carbocycles. The molecule has 42 valence electrons. The third-order valence-corrected chi connectivity index (χ3v) is 1.37. The van der Waals surface area contributed by atoms with E-state index in [-0.39, 0.29) is 0 Å². The van der Waals surface area contributed by atoms with Gasteiger partial charge in [0.05, 0.1) is 0 Å². The van der Waals surface area contributed by atoms with Gasteiger partial charge in [0.25, 0.3) is 0 Å². The Balaban J connectivity index is 3.00. The summed E-state index contributed by atoms with van der Waals surface area (Å²) in [6.45, 7) is 1.75. The first-order valence-corrected chi connectivity index (χ1v) is 2.86. The van der Waals surface area contributed by atoms with E-state index in [4.69, 9.17) is 0 Å². The van der Waals surface area contributed by atoms with Crippen molar-refractivity contribution in [2.75, 3.05) is 0 Å². The predicted octanol–water partition coefficient (Wildman–Crippen LogP) is 0.659. The molecule has 0 saturated carbocycles. The number of aromatic nitrogens is 2. The second-order valence-corrected chi connectivity index (χ2v) is 2.08. The van der Waals surface area contributed by atoms with Gasteiger partial charge in [0.1, 0.15) is 5.82 Å². The summed E-state index contributed by atoms with van der Waals surface area (Å²) in [4.78, 5) is 13.7. The Morgan fingerprint density at radius 2 is 2.50 bits per heavy atom. The van der Waals surface area contributed by atoms with Crippen LogP contribution in [0.3, 0.4) is 0 Å². The van der Waals surface area contributed by atoms with Crippen molar-refractivity contribution in [2.45, 2.75) is 6.92 Å². The molecule has 0 atom stereocenters. The lowest BCUT2D eigenvalue weighted by Crippen LogP contribution is -1.75. The lowest BCUT2D eigenvalue weighted by Gasteiger charge is -1.67. The van der Waals surface area contributed by atoms with Crippen LogP contribution in [0.4, 0.5) is 0 Å². The van der Waals surface area contributed by atoms with Gasteiger partial charge in [0.2, 0.25) is 0 Å². The number of rotatable bonds is 1. The summed E-state index contributed by atoms with van der Waals surface area (Å²) >= 11 is 1.12. The van der Waals surface area contributed by atoms with Crippen LogP contribution in [0, 0.1) is 6.92 Å². The summed E-state index contributed by atoms with van der Waals surface area (Å²) < 4.78 is 3.79. The third kappa shape index (κ3) is 0.894. The highest BCUT2D eigenvalue weighted by Crippen LogP contribution is 1.98. The maximum atomic E-state index is 9.93. The fourth-order valence-electron chi connectivity index (χ4n) is 0.361. The van der Waals surface area contributed by atoms with Gasteiger partial charge < -0.3 is 0 Å². The topological polar surface area (TPSA) is 42.9 Å². The summed E-state index contributed by atoms with van der Waals surface area (Å²) in [5.74, 6) is 0.664. The van der Waals surface area contributed by atoms with Crippen molar-refractivity contribution in [1.82, 2.24) is 9.36 Å². The van der Waals surface area contributed by atoms with Crippen molar-refractivity contribution >= 4 is 17.8 Å². The molecule has 0 saturated heterocycles. The molecule has 1 rings (SSSR count). The molecule has 1 aromatic heterocycles. The number of carbonyl (C=O) groups is 1. The summed E-state index contributed by atoms with van der Waals surface area (Å²) in [5, 5.41) is 0.447. The summed E-state index contributed by atoms with van der Waals surface area (Å²) in [6, 6.07) is 0. The Bertz CT molecular complexity index is 196. The van der Waals surface area contributed by atoms with Crippen LogP contribution in [0.2, 0.25) is 0 Å². The van der Waals surface area contributed by atoms with Gasteiger partial charge in [-0.2, -0.15) is 4.37 Å². The molecule has 0 N–H and O–H groups in total. The molecular formula is C4H4N2OS. The first-order valence-electron chi connectivity index (χ1n) is 2.08. The van der Waals surface area contributed by atoms with E-state index in [2.05, 4.69) is 9.36 Å². The normalized spacial score (nSPS) is 9.12. The predicted molar refractivity (Wildman–Crippen MR) is 30.0 cm³/mol. The van der Waals surface area contributed by atoms with Crippen molar-refractivity contribution in [2.24, 2.45) is 0 Å². The van der Waals surface area contributed by atoms with Gasteiger partial charge in [0.15, 0.2) is 11.3 Å². The van der Waals surface area contributed by atoms with Gasteiger partial charge in [-0.15, -0.1) is 0 Å². The van der Waals surface area contributed by atoms with Crippen molar-refractivity contribution in [3.8, 4) is 0 Å². The first kappa shape index (κ1) is 5.37. The van der Waals surface area contributed by atoms with Crippen LogP contribution in [0.5, 0.6) is 0 Å². The highest BCUT2D eigenvalue weighted by atomic mass is 32.1. The lowest BCUT2D eigenvalue weighted by atomic mass is 10.7. The zero-order valence-corrected chi connectivity index (χ0v) is 5.10. The Kier molecular flexibility index (Phi) is 1.34. The van der Waals surface area contributed by atoms with Crippen LogP contribution >= 0.6 is 11.5 Å². The average Bonchev–Trinajstić information content (AvgIpc) is 2.14. The molecule has 3 nitrogen and oxygen atoms in total. The fourth-order valence-corrected chi connectivity index (χ4v) is 0.843. The smallest absolute Gasteiger partial charge is 0.180 e. The quantitative estimate of drug-likeness (QED) is 0.522. The van der Waals surface area contributed by atoms with Crippen LogP contribution in [0.25, 0.3) is 0 Å². The first-order chi connectivity index (χ1) is 3.83. The second kappa shape index (κ2) is 2.00. The van der Waals surface area contributed by atoms with Gasteiger partial charge in [-0.1, -0.05) is 0 Å². The molecule has 0 unspecified atom stereocenters. The maximum Gasteiger partial charge on any atom is 0.180 e. The molecule has 0 bridgehead atoms. The molecule has 0 aliphatic heterocycles. The summed E-state index contributed by atoms with van der Waals surface area (Å²) in [7, 11) is 0. The highest BCUT2D eigenvalue weighted by molar-refractivity contribution is 7.07. The molecule has 8 heavy (non-hydrogen) atoms. The van der Waals surface area contributed by atoms with Crippen molar-refractivity contribution in [3.63, 3.8) is 0 Å². The van der Waals surface area contributed by atoms with Crippen LogP contribution in [-0.2, 0) is 0 Å². The maximum absolute atomic E-state index is 9.93. The molecule has 0 fully saturated rings. The Labute approximate surface area is 50.5 Å². The second-order valence-electron chi connectivity index (χ2n) is 1.30. The standard InChI is InChI=1S/C4H4N2OS/c1-3-5-4(2-7)8-6-3/h2H,1H3. The summed E-state index contributed by atoms with van der Waals surface area (Å²) in [6.07, 6.45) is 0.699. The molecule has 0 aliphatic rings. The number of hydrogen-bond acceptors (Lipinski definition) is 4. The van der Waals surface area contributed by atoms with Crippen LogP contribution in [-0.4, -0.2) is 15.6 Å². The number of nitrogens with zero attached hydrogens (tertiary/aromatic N) is 2. The molecule has 0 amide bonds. The van der Waals surface area contributed by atoms with Gasteiger partial charge in [-0.3, -0.25) is 4.79 Å². The van der Waals surface area contributed by atoms with E-state index >= 15 is 0 Å². The van der Waals surface area contributed by atoms with E-state index in [0.29, 0.717) is 17.1 Å². The van der Waals surface area contributed by atoms with Crippen molar-refractivity contribution < 1.29 is 4.79 Å². The van der Waals surface area contributed by atoms with E-state index in [1.807, 2.05) is 0 Å². The Morgan fingerprint density at radius 3 is 2.75 bits per heavy atom. The summed E-state index contributed by atoms with van der Waals surface area (Å²) in [5.41, 5.74) is 0. The third-order valence-electron chi connectivity index (χ3n) is 0.644. The van der Waals surface area contributed by atoms with Crippen LogP contribution < -0.4 is 0 Å².